The lowest BCUT2D eigenvalue weighted by Crippen LogP contribution is -2.65. The second-order valence-electron chi connectivity index (χ2n) is 10.5. The Hall–Kier alpha value is -1.51. The van der Waals surface area contributed by atoms with Gasteiger partial charge in [0.25, 0.3) is 0 Å². The fraction of sp³-hybridized carbons (Fsp3) is 0.708. The SMILES string of the molecule is COc1ccc(CN2CC(O)N3CC4(C)CN(C2)CC3(C)C4=O)cc1CN1CCCC1. The number of benzene rings is 1. The summed E-state index contributed by atoms with van der Waals surface area (Å²) in [5, 5.41) is 11.1. The molecule has 170 valence electrons. The second kappa shape index (κ2) is 7.81. The number of carbonyl (C=O) groups is 1. The van der Waals surface area contributed by atoms with Crippen LogP contribution in [0.3, 0.4) is 0 Å². The predicted molar refractivity (Wildman–Crippen MR) is 119 cm³/mol. The van der Waals surface area contributed by atoms with E-state index in [9.17, 15) is 9.90 Å². The summed E-state index contributed by atoms with van der Waals surface area (Å²) in [4.78, 5) is 22.3. The normalized spacial score (nSPS) is 36.7. The fourth-order valence-corrected chi connectivity index (χ4v) is 6.48. The molecule has 4 aliphatic heterocycles. The Kier molecular flexibility index (Phi) is 5.38. The smallest absolute Gasteiger partial charge is 0.162 e. The van der Waals surface area contributed by atoms with Gasteiger partial charge in [-0.1, -0.05) is 13.0 Å². The number of ketones is 1. The van der Waals surface area contributed by atoms with Crippen molar-refractivity contribution >= 4 is 5.78 Å². The number of likely N-dealkylation sites (tertiary alicyclic amines) is 1. The molecule has 4 saturated heterocycles. The van der Waals surface area contributed by atoms with Crippen molar-refractivity contribution in [1.29, 1.82) is 0 Å². The van der Waals surface area contributed by atoms with Crippen LogP contribution in [0, 0.1) is 5.41 Å². The van der Waals surface area contributed by atoms with Gasteiger partial charge in [-0.25, -0.2) is 0 Å². The zero-order valence-corrected chi connectivity index (χ0v) is 19.1. The summed E-state index contributed by atoms with van der Waals surface area (Å²) >= 11 is 0. The first kappa shape index (κ1) is 21.3. The van der Waals surface area contributed by atoms with Crippen LogP contribution in [0.5, 0.6) is 5.75 Å². The number of Topliss-reactive ketones (excluding diaryl/α,β-unsaturated/α-hetero) is 1. The van der Waals surface area contributed by atoms with Crippen LogP contribution < -0.4 is 4.74 Å². The van der Waals surface area contributed by atoms with Gasteiger partial charge < -0.3 is 9.84 Å². The number of nitrogens with zero attached hydrogens (tertiary/aromatic N) is 4. The minimum absolute atomic E-state index is 0.297. The summed E-state index contributed by atoms with van der Waals surface area (Å²) in [6.45, 7) is 11.5. The van der Waals surface area contributed by atoms with E-state index in [4.69, 9.17) is 4.74 Å². The van der Waals surface area contributed by atoms with E-state index in [2.05, 4.69) is 39.8 Å². The standard InChI is InChI=1S/C24H36N4O3/c1-23-14-27-16-24(2,22(23)30)28(15-23)21(29)13-26(17-27)11-18-6-7-20(31-3)19(10-18)12-25-8-4-5-9-25/h6-7,10,21,29H,4-5,8-9,11-17H2,1-3H3. The van der Waals surface area contributed by atoms with E-state index in [0.717, 1.165) is 45.1 Å². The van der Waals surface area contributed by atoms with Crippen LogP contribution in [0.25, 0.3) is 0 Å². The molecule has 0 saturated carbocycles. The molecule has 31 heavy (non-hydrogen) atoms. The van der Waals surface area contributed by atoms with Crippen molar-refractivity contribution in [3.8, 4) is 5.75 Å². The van der Waals surface area contributed by atoms with Crippen molar-refractivity contribution in [2.75, 3.05) is 53.0 Å². The summed E-state index contributed by atoms with van der Waals surface area (Å²) in [5.41, 5.74) is 1.53. The van der Waals surface area contributed by atoms with Crippen molar-refractivity contribution in [1.82, 2.24) is 19.6 Å². The molecule has 7 heteroatoms. The molecule has 0 aromatic heterocycles. The van der Waals surface area contributed by atoms with Crippen LogP contribution in [0.4, 0.5) is 0 Å². The third-order valence-electron chi connectivity index (χ3n) is 7.82. The molecule has 0 aliphatic carbocycles. The topological polar surface area (TPSA) is 59.5 Å². The quantitative estimate of drug-likeness (QED) is 0.760. The number of rotatable bonds is 5. The molecule has 4 atom stereocenters. The number of aliphatic hydroxyl groups is 1. The maximum Gasteiger partial charge on any atom is 0.162 e. The number of hydrogen-bond acceptors (Lipinski definition) is 7. The van der Waals surface area contributed by atoms with Crippen LogP contribution in [0.2, 0.25) is 0 Å². The average Bonchev–Trinajstić information content (AvgIpc) is 3.26. The minimum Gasteiger partial charge on any atom is -0.496 e. The van der Waals surface area contributed by atoms with E-state index in [1.54, 1.807) is 7.11 Å². The maximum atomic E-state index is 13.0. The summed E-state index contributed by atoms with van der Waals surface area (Å²) in [6, 6.07) is 6.50. The molecular formula is C24H36N4O3. The first-order chi connectivity index (χ1) is 14.8. The molecule has 0 amide bonds. The second-order valence-corrected chi connectivity index (χ2v) is 10.5. The number of carbonyl (C=O) groups excluding carboxylic acids is 1. The highest BCUT2D eigenvalue weighted by atomic mass is 16.5. The van der Waals surface area contributed by atoms with Gasteiger partial charge >= 0.3 is 0 Å². The molecule has 4 unspecified atom stereocenters. The number of fused-ring (bicyclic) bond motifs is 2. The molecular weight excluding hydrogens is 392 g/mol. The molecule has 0 spiro atoms. The van der Waals surface area contributed by atoms with E-state index < -0.39 is 11.8 Å². The summed E-state index contributed by atoms with van der Waals surface area (Å²) < 4.78 is 5.63. The lowest BCUT2D eigenvalue weighted by molar-refractivity contribution is -0.146. The molecule has 7 nitrogen and oxygen atoms in total. The summed E-state index contributed by atoms with van der Waals surface area (Å²) in [6.07, 6.45) is 1.93. The number of piperidine rings is 1. The fourth-order valence-electron chi connectivity index (χ4n) is 6.48. The van der Waals surface area contributed by atoms with E-state index in [1.807, 2.05) is 11.8 Å². The molecule has 1 aromatic rings. The summed E-state index contributed by atoms with van der Waals surface area (Å²) in [5.74, 6) is 1.25. The average molecular weight is 429 g/mol. The molecule has 0 radical (unpaired) electrons. The lowest BCUT2D eigenvalue weighted by atomic mass is 9.77. The Morgan fingerprint density at radius 2 is 1.87 bits per heavy atom. The highest BCUT2D eigenvalue weighted by Gasteiger charge is 2.62. The largest absolute Gasteiger partial charge is 0.496 e. The zero-order chi connectivity index (χ0) is 21.8. The van der Waals surface area contributed by atoms with Gasteiger partial charge in [0, 0.05) is 44.8 Å². The molecule has 5 rings (SSSR count). The number of β-amino-alcohol motifs (C(OH)–C–C–N with tert-alkyl or cyclic N) is 1. The Labute approximate surface area is 185 Å². The van der Waals surface area contributed by atoms with Crippen LogP contribution >= 0.6 is 0 Å². The van der Waals surface area contributed by atoms with Gasteiger partial charge in [0.2, 0.25) is 0 Å². The third kappa shape index (κ3) is 3.70. The Morgan fingerprint density at radius 3 is 2.61 bits per heavy atom. The lowest BCUT2D eigenvalue weighted by Gasteiger charge is -2.47. The molecule has 4 heterocycles. The van der Waals surface area contributed by atoms with Gasteiger partial charge in [0.05, 0.1) is 24.7 Å². The van der Waals surface area contributed by atoms with Gasteiger partial charge in [-0.2, -0.15) is 0 Å². The van der Waals surface area contributed by atoms with Gasteiger partial charge in [0.15, 0.2) is 5.78 Å². The minimum atomic E-state index is -0.627. The van der Waals surface area contributed by atoms with Crippen LogP contribution in [0.1, 0.15) is 37.8 Å². The van der Waals surface area contributed by atoms with Crippen molar-refractivity contribution in [3.05, 3.63) is 29.3 Å². The van der Waals surface area contributed by atoms with E-state index >= 15 is 0 Å². The Balaban J connectivity index is 1.34. The molecule has 4 aliphatic rings. The van der Waals surface area contributed by atoms with E-state index in [1.165, 1.54) is 24.0 Å². The van der Waals surface area contributed by atoms with Crippen LogP contribution in [-0.2, 0) is 17.9 Å². The highest BCUT2D eigenvalue weighted by molar-refractivity contribution is 5.96. The van der Waals surface area contributed by atoms with Gasteiger partial charge in [-0.15, -0.1) is 0 Å². The summed E-state index contributed by atoms with van der Waals surface area (Å²) in [7, 11) is 1.74. The number of methoxy groups -OCH3 is 1. The van der Waals surface area contributed by atoms with Crippen LogP contribution in [-0.4, -0.2) is 95.3 Å². The van der Waals surface area contributed by atoms with Crippen LogP contribution in [0.15, 0.2) is 18.2 Å². The van der Waals surface area contributed by atoms with Crippen molar-refractivity contribution in [3.63, 3.8) is 0 Å². The van der Waals surface area contributed by atoms with E-state index in [-0.39, 0.29) is 5.41 Å². The Bertz CT molecular complexity index is 857. The first-order valence-electron chi connectivity index (χ1n) is 11.6. The molecule has 3 bridgehead atoms. The zero-order valence-electron chi connectivity index (χ0n) is 19.1. The van der Waals surface area contributed by atoms with Gasteiger partial charge in [-0.3, -0.25) is 24.4 Å². The number of hydrogen-bond donors (Lipinski definition) is 1. The monoisotopic (exact) mass is 428 g/mol. The van der Waals surface area contributed by atoms with Crippen molar-refractivity contribution in [2.45, 2.75) is 51.5 Å². The van der Waals surface area contributed by atoms with Gasteiger partial charge in [0.1, 0.15) is 12.0 Å². The first-order valence-corrected chi connectivity index (χ1v) is 11.6. The van der Waals surface area contributed by atoms with Crippen molar-refractivity contribution in [2.24, 2.45) is 5.41 Å². The van der Waals surface area contributed by atoms with E-state index in [0.29, 0.717) is 25.4 Å². The predicted octanol–water partition coefficient (Wildman–Crippen LogP) is 1.35. The van der Waals surface area contributed by atoms with Crippen molar-refractivity contribution < 1.29 is 14.6 Å². The third-order valence-corrected chi connectivity index (χ3v) is 7.82. The molecule has 4 fully saturated rings. The highest BCUT2D eigenvalue weighted by Crippen LogP contribution is 2.45. The number of ether oxygens (including phenoxy) is 1. The number of aliphatic hydroxyl groups excluding tert-OH is 1. The maximum absolute atomic E-state index is 13.0. The molecule has 1 N–H and O–H groups in total. The van der Waals surface area contributed by atoms with Gasteiger partial charge in [-0.05, 0) is 50.6 Å². The molecule has 1 aromatic carbocycles. The Morgan fingerprint density at radius 1 is 1.10 bits per heavy atom.